The van der Waals surface area contributed by atoms with E-state index in [2.05, 4.69) is 29.0 Å². The highest BCUT2D eigenvalue weighted by Gasteiger charge is 1.99. The monoisotopic (exact) mass is 298 g/mol. The first-order chi connectivity index (χ1) is 10.9. The molecule has 0 saturated carbocycles. The number of hydrogen-bond acceptors (Lipinski definition) is 3. The van der Waals surface area contributed by atoms with Gasteiger partial charge in [-0.2, -0.15) is 0 Å². The van der Waals surface area contributed by atoms with Crippen molar-refractivity contribution < 1.29 is 14.3 Å². The first kappa shape index (κ1) is 16.1. The second kappa shape index (κ2) is 9.61. The number of carbonyl (C=O) groups excluding carboxylic acids is 1. The molecule has 0 heterocycles. The van der Waals surface area contributed by atoms with E-state index in [0.29, 0.717) is 19.7 Å². The SMILES string of the molecule is O=COCCCCCc1cccc(OCc2ccccc2)c1. The van der Waals surface area contributed by atoms with E-state index in [-0.39, 0.29) is 0 Å². The zero-order valence-corrected chi connectivity index (χ0v) is 12.7. The standard InChI is InChI=1S/C19H22O3/c20-16-21-13-6-2-5-8-17-11-7-12-19(14-17)22-15-18-9-3-1-4-10-18/h1,3-4,7,9-12,14,16H,2,5-6,8,13,15H2. The van der Waals surface area contributed by atoms with Crippen LogP contribution >= 0.6 is 0 Å². The zero-order valence-electron chi connectivity index (χ0n) is 12.7. The van der Waals surface area contributed by atoms with Crippen LogP contribution in [0.4, 0.5) is 0 Å². The average molecular weight is 298 g/mol. The highest BCUT2D eigenvalue weighted by Crippen LogP contribution is 2.17. The average Bonchev–Trinajstić information content (AvgIpc) is 2.57. The molecular weight excluding hydrogens is 276 g/mol. The summed E-state index contributed by atoms with van der Waals surface area (Å²) in [6, 6.07) is 18.4. The molecule has 0 aliphatic rings. The summed E-state index contributed by atoms with van der Waals surface area (Å²) in [5.74, 6) is 0.908. The molecule has 22 heavy (non-hydrogen) atoms. The van der Waals surface area contributed by atoms with Crippen LogP contribution in [0, 0.1) is 0 Å². The minimum Gasteiger partial charge on any atom is -0.489 e. The van der Waals surface area contributed by atoms with Crippen molar-refractivity contribution in [3.05, 3.63) is 65.7 Å². The van der Waals surface area contributed by atoms with E-state index < -0.39 is 0 Å². The van der Waals surface area contributed by atoms with Crippen molar-refractivity contribution in [3.8, 4) is 5.75 Å². The highest BCUT2D eigenvalue weighted by molar-refractivity contribution is 5.36. The van der Waals surface area contributed by atoms with Gasteiger partial charge in [0.1, 0.15) is 12.4 Å². The normalized spacial score (nSPS) is 10.2. The summed E-state index contributed by atoms with van der Waals surface area (Å²) in [5, 5.41) is 0. The Balaban J connectivity index is 1.73. The fraction of sp³-hybridized carbons (Fsp3) is 0.316. The molecule has 2 aromatic carbocycles. The number of hydrogen-bond donors (Lipinski definition) is 0. The number of carbonyl (C=O) groups is 1. The van der Waals surface area contributed by atoms with Crippen LogP contribution in [0.3, 0.4) is 0 Å². The summed E-state index contributed by atoms with van der Waals surface area (Å²) in [4.78, 5) is 10.0. The third-order valence-corrected chi connectivity index (χ3v) is 3.44. The Bertz CT molecular complexity index is 552. The first-order valence-electron chi connectivity index (χ1n) is 7.69. The van der Waals surface area contributed by atoms with Crippen LogP contribution in [0.2, 0.25) is 0 Å². The molecule has 0 atom stereocenters. The molecule has 116 valence electrons. The second-order valence-electron chi connectivity index (χ2n) is 5.20. The molecule has 0 bridgehead atoms. The molecule has 0 saturated heterocycles. The predicted octanol–water partition coefficient (Wildman–Crippen LogP) is 4.15. The number of benzene rings is 2. The fourth-order valence-electron chi connectivity index (χ4n) is 2.27. The van der Waals surface area contributed by atoms with E-state index in [1.54, 1.807) is 0 Å². The topological polar surface area (TPSA) is 35.5 Å². The summed E-state index contributed by atoms with van der Waals surface area (Å²) in [6.07, 6.45) is 4.08. The molecule has 0 spiro atoms. The lowest BCUT2D eigenvalue weighted by Crippen LogP contribution is -1.96. The molecule has 0 aromatic heterocycles. The maximum atomic E-state index is 10.0. The molecule has 0 aliphatic heterocycles. The maximum Gasteiger partial charge on any atom is 0.293 e. The minimum absolute atomic E-state index is 0.507. The van der Waals surface area contributed by atoms with Gasteiger partial charge in [0.2, 0.25) is 0 Å². The smallest absolute Gasteiger partial charge is 0.293 e. The van der Waals surface area contributed by atoms with Crippen LogP contribution in [-0.2, 0) is 22.6 Å². The molecule has 0 unspecified atom stereocenters. The molecule has 3 nitrogen and oxygen atoms in total. The number of unbranched alkanes of at least 4 members (excludes halogenated alkanes) is 2. The van der Waals surface area contributed by atoms with Crippen molar-refractivity contribution in [2.45, 2.75) is 32.3 Å². The predicted molar refractivity (Wildman–Crippen MR) is 86.8 cm³/mol. The van der Waals surface area contributed by atoms with Gasteiger partial charge in [0.05, 0.1) is 6.61 Å². The van der Waals surface area contributed by atoms with Crippen molar-refractivity contribution >= 4 is 6.47 Å². The van der Waals surface area contributed by atoms with Crippen LogP contribution in [0.25, 0.3) is 0 Å². The van der Waals surface area contributed by atoms with E-state index in [1.807, 2.05) is 30.3 Å². The van der Waals surface area contributed by atoms with Gasteiger partial charge in [0.15, 0.2) is 0 Å². The van der Waals surface area contributed by atoms with Gasteiger partial charge < -0.3 is 9.47 Å². The number of rotatable bonds is 10. The fourth-order valence-corrected chi connectivity index (χ4v) is 2.27. The number of ether oxygens (including phenoxy) is 2. The molecule has 0 amide bonds. The van der Waals surface area contributed by atoms with Crippen LogP contribution in [0.5, 0.6) is 5.75 Å². The van der Waals surface area contributed by atoms with E-state index in [4.69, 9.17) is 4.74 Å². The van der Waals surface area contributed by atoms with Gasteiger partial charge >= 0.3 is 0 Å². The Morgan fingerprint density at radius 3 is 2.50 bits per heavy atom. The quantitative estimate of drug-likeness (QED) is 0.488. The Kier molecular flexibility index (Phi) is 7.03. The van der Waals surface area contributed by atoms with Gasteiger partial charge in [-0.3, -0.25) is 4.79 Å². The lowest BCUT2D eigenvalue weighted by molar-refractivity contribution is -0.128. The molecule has 2 aromatic rings. The van der Waals surface area contributed by atoms with Gasteiger partial charge in [-0.15, -0.1) is 0 Å². The van der Waals surface area contributed by atoms with Crippen molar-refractivity contribution in [3.63, 3.8) is 0 Å². The second-order valence-corrected chi connectivity index (χ2v) is 5.20. The lowest BCUT2D eigenvalue weighted by Gasteiger charge is -2.08. The van der Waals surface area contributed by atoms with Gasteiger partial charge in [0.25, 0.3) is 6.47 Å². The molecule has 0 N–H and O–H groups in total. The lowest BCUT2D eigenvalue weighted by atomic mass is 10.1. The first-order valence-corrected chi connectivity index (χ1v) is 7.69. The molecular formula is C19H22O3. The van der Waals surface area contributed by atoms with Crippen molar-refractivity contribution in [1.82, 2.24) is 0 Å². The van der Waals surface area contributed by atoms with Crippen molar-refractivity contribution in [2.75, 3.05) is 6.61 Å². The Morgan fingerprint density at radius 1 is 0.864 bits per heavy atom. The summed E-state index contributed by atoms with van der Waals surface area (Å²) in [5.41, 5.74) is 2.45. The van der Waals surface area contributed by atoms with Crippen LogP contribution < -0.4 is 4.74 Å². The van der Waals surface area contributed by atoms with E-state index in [1.165, 1.54) is 11.1 Å². The summed E-state index contributed by atoms with van der Waals surface area (Å²) in [6.45, 7) is 1.62. The largest absolute Gasteiger partial charge is 0.489 e. The molecule has 0 radical (unpaired) electrons. The maximum absolute atomic E-state index is 10.0. The Hall–Kier alpha value is -2.29. The highest BCUT2D eigenvalue weighted by atomic mass is 16.5. The summed E-state index contributed by atoms with van der Waals surface area (Å²) in [7, 11) is 0. The van der Waals surface area contributed by atoms with Gasteiger partial charge in [-0.05, 0) is 48.9 Å². The summed E-state index contributed by atoms with van der Waals surface area (Å²) >= 11 is 0. The van der Waals surface area contributed by atoms with Crippen molar-refractivity contribution in [2.24, 2.45) is 0 Å². The van der Waals surface area contributed by atoms with Crippen LogP contribution in [-0.4, -0.2) is 13.1 Å². The van der Waals surface area contributed by atoms with Gasteiger partial charge in [0, 0.05) is 0 Å². The third kappa shape index (κ3) is 6.00. The van der Waals surface area contributed by atoms with Gasteiger partial charge in [-0.1, -0.05) is 42.5 Å². The third-order valence-electron chi connectivity index (χ3n) is 3.44. The summed E-state index contributed by atoms with van der Waals surface area (Å²) < 4.78 is 10.5. The van der Waals surface area contributed by atoms with Crippen LogP contribution in [0.1, 0.15) is 30.4 Å². The molecule has 0 fully saturated rings. The molecule has 2 rings (SSSR count). The van der Waals surface area contributed by atoms with Gasteiger partial charge in [-0.25, -0.2) is 0 Å². The number of aryl methyl sites for hydroxylation is 1. The van der Waals surface area contributed by atoms with E-state index in [9.17, 15) is 4.79 Å². The Morgan fingerprint density at radius 2 is 1.68 bits per heavy atom. The van der Waals surface area contributed by atoms with E-state index >= 15 is 0 Å². The van der Waals surface area contributed by atoms with E-state index in [0.717, 1.165) is 31.4 Å². The van der Waals surface area contributed by atoms with Crippen LogP contribution in [0.15, 0.2) is 54.6 Å². The Labute approximate surface area is 131 Å². The zero-order chi connectivity index (χ0) is 15.5. The molecule has 3 heteroatoms. The molecule has 0 aliphatic carbocycles. The minimum atomic E-state index is 0.507. The van der Waals surface area contributed by atoms with Crippen molar-refractivity contribution in [1.29, 1.82) is 0 Å².